The summed E-state index contributed by atoms with van der Waals surface area (Å²) in [5.74, 6) is -0.478. The summed E-state index contributed by atoms with van der Waals surface area (Å²) in [6.45, 7) is 1.88. The van der Waals surface area contributed by atoms with Gasteiger partial charge in [-0.2, -0.15) is 0 Å². The van der Waals surface area contributed by atoms with Crippen LogP contribution in [0.1, 0.15) is 15.9 Å². The smallest absolute Gasteiger partial charge is 0.329 e. The number of amides is 1. The molecule has 2 aromatic carbocycles. The monoisotopic (exact) mass is 494 g/mol. The SMILES string of the molecule is O=C(c1cc(Cn2c(=O)[nH]c(=O)c3cc(Cl)ccc32)ccc1F)N1CCN(c2ncccn2)CC1. The highest BCUT2D eigenvalue weighted by atomic mass is 35.5. The van der Waals surface area contributed by atoms with Crippen molar-refractivity contribution < 1.29 is 9.18 Å². The summed E-state index contributed by atoms with van der Waals surface area (Å²) in [6.07, 6.45) is 3.32. The predicted molar refractivity (Wildman–Crippen MR) is 129 cm³/mol. The van der Waals surface area contributed by atoms with Crippen LogP contribution in [0.2, 0.25) is 5.02 Å². The molecule has 0 bridgehead atoms. The number of rotatable bonds is 4. The van der Waals surface area contributed by atoms with Crippen molar-refractivity contribution in [2.45, 2.75) is 6.54 Å². The minimum absolute atomic E-state index is 0.0351. The van der Waals surface area contributed by atoms with Crippen LogP contribution in [0.3, 0.4) is 0 Å². The van der Waals surface area contributed by atoms with Crippen molar-refractivity contribution in [3.05, 3.63) is 97.7 Å². The van der Waals surface area contributed by atoms with Gasteiger partial charge in [-0.05, 0) is 42.0 Å². The van der Waals surface area contributed by atoms with Crippen molar-refractivity contribution in [3.63, 3.8) is 0 Å². The third-order valence-electron chi connectivity index (χ3n) is 5.96. The quantitative estimate of drug-likeness (QED) is 0.467. The molecule has 9 nitrogen and oxygen atoms in total. The summed E-state index contributed by atoms with van der Waals surface area (Å²) in [5, 5.41) is 0.623. The normalized spacial score (nSPS) is 13.9. The minimum Gasteiger partial charge on any atom is -0.337 e. The van der Waals surface area contributed by atoms with Gasteiger partial charge in [0.25, 0.3) is 11.5 Å². The van der Waals surface area contributed by atoms with Gasteiger partial charge < -0.3 is 9.80 Å². The van der Waals surface area contributed by atoms with Crippen molar-refractivity contribution >= 4 is 34.4 Å². The first-order valence-corrected chi connectivity index (χ1v) is 11.3. The summed E-state index contributed by atoms with van der Waals surface area (Å²) < 4.78 is 16.0. The first-order valence-electron chi connectivity index (χ1n) is 10.9. The van der Waals surface area contributed by atoms with Crippen molar-refractivity contribution in [3.8, 4) is 0 Å². The molecule has 178 valence electrons. The Morgan fingerprint density at radius 2 is 1.77 bits per heavy atom. The van der Waals surface area contributed by atoms with E-state index in [0.29, 0.717) is 48.2 Å². The van der Waals surface area contributed by atoms with E-state index >= 15 is 0 Å². The fraction of sp³-hybridized carbons (Fsp3) is 0.208. The van der Waals surface area contributed by atoms with Crippen LogP contribution in [0.4, 0.5) is 10.3 Å². The maximum atomic E-state index is 14.7. The van der Waals surface area contributed by atoms with Gasteiger partial charge in [0.1, 0.15) is 5.82 Å². The molecule has 0 unspecified atom stereocenters. The molecule has 4 aromatic rings. The van der Waals surface area contributed by atoms with E-state index in [2.05, 4.69) is 15.0 Å². The second-order valence-electron chi connectivity index (χ2n) is 8.15. The van der Waals surface area contributed by atoms with Gasteiger partial charge in [0.05, 0.1) is 23.0 Å². The lowest BCUT2D eigenvalue weighted by molar-refractivity contribution is 0.0741. The number of fused-ring (bicyclic) bond motifs is 1. The number of carbonyl (C=O) groups is 1. The van der Waals surface area contributed by atoms with Crippen LogP contribution in [0.15, 0.2) is 64.4 Å². The van der Waals surface area contributed by atoms with Gasteiger partial charge in [-0.3, -0.25) is 19.1 Å². The molecule has 1 aliphatic heterocycles. The summed E-state index contributed by atoms with van der Waals surface area (Å²) in [4.78, 5) is 52.2. The molecule has 11 heteroatoms. The molecule has 0 atom stereocenters. The Morgan fingerprint density at radius 1 is 1.03 bits per heavy atom. The molecule has 1 amide bonds. The maximum Gasteiger partial charge on any atom is 0.329 e. The van der Waals surface area contributed by atoms with E-state index in [4.69, 9.17) is 11.6 Å². The number of carbonyl (C=O) groups excluding carboxylic acids is 1. The van der Waals surface area contributed by atoms with Crippen LogP contribution in [0, 0.1) is 5.82 Å². The summed E-state index contributed by atoms with van der Waals surface area (Å²) in [6, 6.07) is 10.6. The number of halogens is 2. The van der Waals surface area contributed by atoms with E-state index in [9.17, 15) is 18.8 Å². The third-order valence-corrected chi connectivity index (χ3v) is 6.20. The molecule has 1 N–H and O–H groups in total. The Morgan fingerprint density at radius 3 is 2.51 bits per heavy atom. The van der Waals surface area contributed by atoms with Crippen LogP contribution in [0.25, 0.3) is 10.9 Å². The first kappa shape index (κ1) is 22.7. The highest BCUT2D eigenvalue weighted by molar-refractivity contribution is 6.31. The largest absolute Gasteiger partial charge is 0.337 e. The number of nitrogens with one attached hydrogen (secondary N) is 1. The van der Waals surface area contributed by atoms with Crippen LogP contribution < -0.4 is 16.1 Å². The van der Waals surface area contributed by atoms with Gasteiger partial charge in [0.15, 0.2) is 0 Å². The number of anilines is 1. The number of H-pyrrole nitrogens is 1. The molecule has 0 saturated carbocycles. The van der Waals surface area contributed by atoms with E-state index in [1.165, 1.54) is 28.8 Å². The molecule has 5 rings (SSSR count). The Labute approximate surface area is 203 Å². The van der Waals surface area contributed by atoms with Crippen LogP contribution >= 0.6 is 11.6 Å². The number of benzene rings is 2. The fourth-order valence-corrected chi connectivity index (χ4v) is 4.35. The average molecular weight is 495 g/mol. The number of aromatic amines is 1. The molecular weight excluding hydrogens is 475 g/mol. The Kier molecular flexibility index (Phi) is 6.04. The number of piperazine rings is 1. The number of aromatic nitrogens is 4. The highest BCUT2D eigenvalue weighted by Gasteiger charge is 2.25. The van der Waals surface area contributed by atoms with Crippen LogP contribution in [0.5, 0.6) is 0 Å². The summed E-state index contributed by atoms with van der Waals surface area (Å²) in [5.41, 5.74) is -0.298. The molecule has 1 fully saturated rings. The Balaban J connectivity index is 1.39. The molecule has 2 aromatic heterocycles. The third kappa shape index (κ3) is 4.52. The molecule has 0 aliphatic carbocycles. The second-order valence-corrected chi connectivity index (χ2v) is 8.59. The lowest BCUT2D eigenvalue weighted by Gasteiger charge is -2.34. The predicted octanol–water partition coefficient (Wildman–Crippen LogP) is 2.28. The van der Waals surface area contributed by atoms with E-state index < -0.39 is 23.0 Å². The summed E-state index contributed by atoms with van der Waals surface area (Å²) >= 11 is 6.00. The first-order chi connectivity index (χ1) is 16.9. The van der Waals surface area contributed by atoms with Crippen molar-refractivity contribution in [2.24, 2.45) is 0 Å². The Bertz CT molecular complexity index is 1530. The second kappa shape index (κ2) is 9.30. The van der Waals surface area contributed by atoms with Gasteiger partial charge in [0.2, 0.25) is 5.95 Å². The summed E-state index contributed by atoms with van der Waals surface area (Å²) in [7, 11) is 0. The van der Waals surface area contributed by atoms with Gasteiger partial charge >= 0.3 is 5.69 Å². The topological polar surface area (TPSA) is 104 Å². The van der Waals surface area contributed by atoms with Gasteiger partial charge in [-0.1, -0.05) is 17.7 Å². The average Bonchev–Trinajstić information content (AvgIpc) is 2.88. The zero-order chi connectivity index (χ0) is 24.5. The molecule has 1 saturated heterocycles. The van der Waals surface area contributed by atoms with E-state index in [0.717, 1.165) is 0 Å². The number of nitrogens with zero attached hydrogens (tertiary/aromatic N) is 5. The lowest BCUT2D eigenvalue weighted by atomic mass is 10.1. The molecule has 1 aliphatic rings. The maximum absolute atomic E-state index is 14.7. The zero-order valence-electron chi connectivity index (χ0n) is 18.4. The van der Waals surface area contributed by atoms with Crippen molar-refractivity contribution in [2.75, 3.05) is 31.1 Å². The minimum atomic E-state index is -0.641. The lowest BCUT2D eigenvalue weighted by Crippen LogP contribution is -2.49. The Hall–Kier alpha value is -4.05. The van der Waals surface area contributed by atoms with Crippen molar-refractivity contribution in [1.29, 1.82) is 0 Å². The van der Waals surface area contributed by atoms with Gasteiger partial charge in [-0.15, -0.1) is 0 Å². The molecule has 0 spiro atoms. The molecule has 0 radical (unpaired) electrons. The highest BCUT2D eigenvalue weighted by Crippen LogP contribution is 2.19. The molecule has 3 heterocycles. The van der Waals surface area contributed by atoms with E-state index in [1.807, 2.05) is 4.90 Å². The fourth-order valence-electron chi connectivity index (χ4n) is 4.18. The standard InChI is InChI=1S/C24H20ClFN6O3/c25-16-3-5-20-18(13-16)21(33)29-24(35)32(20)14-15-2-4-19(26)17(12-15)22(34)30-8-10-31(11-9-30)23-27-6-1-7-28-23/h1-7,12-13H,8-11,14H2,(H,29,33,35). The zero-order valence-corrected chi connectivity index (χ0v) is 19.2. The molecular formula is C24H20ClFN6O3. The number of hydrogen-bond acceptors (Lipinski definition) is 6. The molecule has 35 heavy (non-hydrogen) atoms. The number of hydrogen-bond donors (Lipinski definition) is 1. The van der Waals surface area contributed by atoms with Gasteiger partial charge in [-0.25, -0.2) is 19.2 Å². The van der Waals surface area contributed by atoms with Gasteiger partial charge in [0, 0.05) is 43.6 Å². The van der Waals surface area contributed by atoms with Crippen molar-refractivity contribution in [1.82, 2.24) is 24.4 Å². The van der Waals surface area contributed by atoms with Crippen LogP contribution in [-0.2, 0) is 6.54 Å². The van der Waals surface area contributed by atoms with E-state index in [-0.39, 0.29) is 17.5 Å². The van der Waals surface area contributed by atoms with Crippen LogP contribution in [-0.4, -0.2) is 56.5 Å². The van der Waals surface area contributed by atoms with E-state index in [1.54, 1.807) is 35.5 Å².